The van der Waals surface area contributed by atoms with E-state index in [1.807, 2.05) is 18.2 Å². The molecule has 86 valence electrons. The van der Waals surface area contributed by atoms with Crippen molar-refractivity contribution >= 4 is 17.4 Å². The van der Waals surface area contributed by atoms with Crippen molar-refractivity contribution < 1.29 is 4.79 Å². The molecule has 16 heavy (non-hydrogen) atoms. The molecule has 1 aliphatic rings. The Morgan fingerprint density at radius 1 is 1.38 bits per heavy atom. The monoisotopic (exact) mass is 238 g/mol. The SMILES string of the molecule is NC1CCC(N)(c2ccccc2Cl)C(=O)C1. The molecule has 0 aliphatic heterocycles. The van der Waals surface area contributed by atoms with Gasteiger partial charge >= 0.3 is 0 Å². The molecule has 2 rings (SSSR count). The summed E-state index contributed by atoms with van der Waals surface area (Å²) in [5, 5.41) is 0.550. The van der Waals surface area contributed by atoms with Crippen molar-refractivity contribution in [2.45, 2.75) is 30.8 Å². The lowest BCUT2D eigenvalue weighted by atomic mass is 9.75. The molecule has 0 bridgehead atoms. The fourth-order valence-electron chi connectivity index (χ4n) is 2.18. The second-order valence-electron chi connectivity index (χ2n) is 4.38. The summed E-state index contributed by atoms with van der Waals surface area (Å²) in [5.41, 5.74) is 11.7. The Labute approximate surface area is 99.8 Å². The lowest BCUT2D eigenvalue weighted by molar-refractivity contribution is -0.126. The van der Waals surface area contributed by atoms with Gasteiger partial charge in [-0.2, -0.15) is 0 Å². The number of nitrogens with two attached hydrogens (primary N) is 2. The number of halogens is 1. The summed E-state index contributed by atoms with van der Waals surface area (Å²) >= 11 is 6.09. The van der Waals surface area contributed by atoms with Gasteiger partial charge in [0.2, 0.25) is 0 Å². The number of ketones is 1. The molecule has 0 saturated heterocycles. The number of rotatable bonds is 1. The van der Waals surface area contributed by atoms with Crippen LogP contribution in [0, 0.1) is 0 Å². The molecule has 4 heteroatoms. The Kier molecular flexibility index (Phi) is 3.02. The summed E-state index contributed by atoms with van der Waals surface area (Å²) in [4.78, 5) is 12.0. The molecule has 1 saturated carbocycles. The van der Waals surface area contributed by atoms with Crippen molar-refractivity contribution in [3.05, 3.63) is 34.9 Å². The quantitative estimate of drug-likeness (QED) is 0.781. The first kappa shape index (κ1) is 11.6. The van der Waals surface area contributed by atoms with E-state index in [2.05, 4.69) is 0 Å². The molecule has 1 aromatic carbocycles. The van der Waals surface area contributed by atoms with Gasteiger partial charge in [0.15, 0.2) is 5.78 Å². The fourth-order valence-corrected chi connectivity index (χ4v) is 2.49. The number of hydrogen-bond acceptors (Lipinski definition) is 3. The number of carbonyl (C=O) groups is 1. The van der Waals surface area contributed by atoms with E-state index < -0.39 is 5.54 Å². The third-order valence-electron chi connectivity index (χ3n) is 3.21. The van der Waals surface area contributed by atoms with E-state index in [9.17, 15) is 4.79 Å². The molecule has 0 radical (unpaired) electrons. The molecule has 3 nitrogen and oxygen atoms in total. The molecule has 1 fully saturated rings. The summed E-state index contributed by atoms with van der Waals surface area (Å²) in [6, 6.07) is 7.18. The van der Waals surface area contributed by atoms with Crippen molar-refractivity contribution in [3.63, 3.8) is 0 Å². The second-order valence-corrected chi connectivity index (χ2v) is 4.78. The number of Topliss-reactive ketones (excluding diaryl/α,β-unsaturated/α-hetero) is 1. The normalized spacial score (nSPS) is 30.4. The molecule has 1 aromatic rings. The minimum Gasteiger partial charge on any atom is -0.327 e. The van der Waals surface area contributed by atoms with Gasteiger partial charge in [-0.1, -0.05) is 29.8 Å². The number of hydrogen-bond donors (Lipinski definition) is 2. The third kappa shape index (κ3) is 1.86. The van der Waals surface area contributed by atoms with Gasteiger partial charge in [0.1, 0.15) is 5.54 Å². The minimum absolute atomic E-state index is 0.0145. The molecule has 1 aliphatic carbocycles. The van der Waals surface area contributed by atoms with Crippen LogP contribution in [0.1, 0.15) is 24.8 Å². The van der Waals surface area contributed by atoms with Gasteiger partial charge < -0.3 is 11.5 Å². The van der Waals surface area contributed by atoms with E-state index in [4.69, 9.17) is 23.1 Å². The van der Waals surface area contributed by atoms with Crippen LogP contribution >= 0.6 is 11.6 Å². The van der Waals surface area contributed by atoms with Crippen molar-refractivity contribution in [3.8, 4) is 0 Å². The molecule has 2 atom stereocenters. The van der Waals surface area contributed by atoms with Gasteiger partial charge in [-0.25, -0.2) is 0 Å². The first-order chi connectivity index (χ1) is 7.54. The summed E-state index contributed by atoms with van der Waals surface area (Å²) in [6.45, 7) is 0. The van der Waals surface area contributed by atoms with Crippen LogP contribution < -0.4 is 11.5 Å². The topological polar surface area (TPSA) is 69.1 Å². The third-order valence-corrected chi connectivity index (χ3v) is 3.54. The smallest absolute Gasteiger partial charge is 0.158 e. The van der Waals surface area contributed by atoms with Crippen LogP contribution in [-0.2, 0) is 10.3 Å². The maximum Gasteiger partial charge on any atom is 0.158 e. The molecule has 0 heterocycles. The van der Waals surface area contributed by atoms with Crippen molar-refractivity contribution in [2.75, 3.05) is 0 Å². The highest BCUT2D eigenvalue weighted by atomic mass is 35.5. The highest BCUT2D eigenvalue weighted by molar-refractivity contribution is 6.31. The Balaban J connectivity index is 2.39. The van der Waals surface area contributed by atoms with Crippen LogP contribution in [0.4, 0.5) is 0 Å². The highest BCUT2D eigenvalue weighted by Crippen LogP contribution is 2.35. The van der Waals surface area contributed by atoms with Gasteiger partial charge in [-0.3, -0.25) is 4.79 Å². The average molecular weight is 239 g/mol. The Morgan fingerprint density at radius 3 is 2.69 bits per heavy atom. The largest absolute Gasteiger partial charge is 0.327 e. The van der Waals surface area contributed by atoms with Crippen molar-refractivity contribution in [1.29, 1.82) is 0 Å². The van der Waals surface area contributed by atoms with E-state index >= 15 is 0 Å². The highest BCUT2D eigenvalue weighted by Gasteiger charge is 2.40. The fraction of sp³-hybridized carbons (Fsp3) is 0.417. The van der Waals surface area contributed by atoms with Crippen LogP contribution in [0.15, 0.2) is 24.3 Å². The summed E-state index contributed by atoms with van der Waals surface area (Å²) in [6.07, 6.45) is 1.66. The minimum atomic E-state index is -0.950. The van der Waals surface area contributed by atoms with Gasteiger partial charge in [0.25, 0.3) is 0 Å². The van der Waals surface area contributed by atoms with E-state index in [1.54, 1.807) is 6.07 Å². The van der Waals surface area contributed by atoms with E-state index in [1.165, 1.54) is 0 Å². The Hall–Kier alpha value is -0.900. The molecule has 0 aromatic heterocycles. The predicted octanol–water partition coefficient (Wildman–Crippen LogP) is 1.57. The molecular formula is C12H15ClN2O. The predicted molar refractivity (Wildman–Crippen MR) is 64.2 cm³/mol. The van der Waals surface area contributed by atoms with E-state index in [-0.39, 0.29) is 11.8 Å². The van der Waals surface area contributed by atoms with E-state index in [0.717, 1.165) is 6.42 Å². The second kappa shape index (κ2) is 4.17. The average Bonchev–Trinajstić information content (AvgIpc) is 2.25. The zero-order valence-corrected chi connectivity index (χ0v) is 9.70. The zero-order valence-electron chi connectivity index (χ0n) is 8.95. The Morgan fingerprint density at radius 2 is 2.06 bits per heavy atom. The molecule has 4 N–H and O–H groups in total. The summed E-state index contributed by atoms with van der Waals surface area (Å²) in [5.74, 6) is -0.0145. The standard InChI is InChI=1S/C12H15ClN2O/c13-10-4-2-1-3-9(10)12(15)6-5-8(14)7-11(12)16/h1-4,8H,5-7,14-15H2. The molecule has 2 unspecified atom stereocenters. The van der Waals surface area contributed by atoms with Crippen LogP contribution in [0.2, 0.25) is 5.02 Å². The van der Waals surface area contributed by atoms with Gasteiger partial charge in [0, 0.05) is 17.5 Å². The molecule has 0 spiro atoms. The van der Waals surface area contributed by atoms with E-state index in [0.29, 0.717) is 23.4 Å². The van der Waals surface area contributed by atoms with Crippen molar-refractivity contribution in [1.82, 2.24) is 0 Å². The molecular weight excluding hydrogens is 224 g/mol. The molecule has 0 amide bonds. The zero-order chi connectivity index (χ0) is 11.8. The van der Waals surface area contributed by atoms with Crippen molar-refractivity contribution in [2.24, 2.45) is 11.5 Å². The first-order valence-electron chi connectivity index (χ1n) is 5.37. The number of benzene rings is 1. The summed E-state index contributed by atoms with van der Waals surface area (Å²) in [7, 11) is 0. The van der Waals surface area contributed by atoms with Gasteiger partial charge in [-0.05, 0) is 24.5 Å². The van der Waals surface area contributed by atoms with Crippen LogP contribution in [-0.4, -0.2) is 11.8 Å². The maximum atomic E-state index is 12.0. The van der Waals surface area contributed by atoms with Gasteiger partial charge in [0.05, 0.1) is 0 Å². The lowest BCUT2D eigenvalue weighted by Crippen LogP contribution is -2.51. The van der Waals surface area contributed by atoms with Crippen LogP contribution in [0.25, 0.3) is 0 Å². The lowest BCUT2D eigenvalue weighted by Gasteiger charge is -2.35. The van der Waals surface area contributed by atoms with Crippen LogP contribution in [0.3, 0.4) is 0 Å². The first-order valence-corrected chi connectivity index (χ1v) is 5.74. The number of carbonyl (C=O) groups excluding carboxylic acids is 1. The Bertz CT molecular complexity index is 421. The summed E-state index contributed by atoms with van der Waals surface area (Å²) < 4.78 is 0. The van der Waals surface area contributed by atoms with Gasteiger partial charge in [-0.15, -0.1) is 0 Å². The van der Waals surface area contributed by atoms with Crippen LogP contribution in [0.5, 0.6) is 0 Å². The maximum absolute atomic E-state index is 12.0.